The predicted molar refractivity (Wildman–Crippen MR) is 132 cm³/mol. The Morgan fingerprint density at radius 2 is 2.06 bits per heavy atom. The standard InChI is InChI=1S/C24H29ClN4O3S/c1-29(2)23(26)15-8-9-18(20(12-15)31-16-6-4-3-5-7-16)19-13-17(32-28-19)14-27-24(30)21-10-11-22(25)33-21/h8-13,16-17,26,28H,3-7,14H2,1-2H3,(H,27,30). The normalized spacial score (nSPS) is 18.4. The molecular weight excluding hydrogens is 460 g/mol. The smallest absolute Gasteiger partial charge is 0.261 e. The maximum Gasteiger partial charge on any atom is 0.261 e. The number of hydroxylamine groups is 1. The summed E-state index contributed by atoms with van der Waals surface area (Å²) in [5.41, 5.74) is 5.46. The number of rotatable bonds is 7. The zero-order chi connectivity index (χ0) is 23.4. The molecule has 0 saturated heterocycles. The van der Waals surface area contributed by atoms with E-state index in [1.54, 1.807) is 17.0 Å². The Morgan fingerprint density at radius 1 is 1.27 bits per heavy atom. The molecule has 0 spiro atoms. The van der Waals surface area contributed by atoms with Crippen LogP contribution in [0.2, 0.25) is 4.34 Å². The van der Waals surface area contributed by atoms with Crippen molar-refractivity contribution in [1.82, 2.24) is 15.7 Å². The third kappa shape index (κ3) is 5.88. The van der Waals surface area contributed by atoms with Crippen molar-refractivity contribution in [2.24, 2.45) is 0 Å². The molecular formula is C24H29ClN4O3S. The fourth-order valence-corrected chi connectivity index (χ4v) is 4.93. The average Bonchev–Trinajstić information content (AvgIpc) is 3.47. The predicted octanol–water partition coefficient (Wildman–Crippen LogP) is 4.67. The molecule has 9 heteroatoms. The molecule has 33 heavy (non-hydrogen) atoms. The molecule has 2 aromatic rings. The molecule has 1 atom stereocenters. The van der Waals surface area contributed by atoms with E-state index in [9.17, 15) is 4.79 Å². The van der Waals surface area contributed by atoms with Gasteiger partial charge in [-0.15, -0.1) is 11.3 Å². The Morgan fingerprint density at radius 3 is 2.76 bits per heavy atom. The minimum Gasteiger partial charge on any atom is -0.490 e. The van der Waals surface area contributed by atoms with Gasteiger partial charge in [0.15, 0.2) is 0 Å². The van der Waals surface area contributed by atoms with Gasteiger partial charge in [-0.25, -0.2) is 0 Å². The summed E-state index contributed by atoms with van der Waals surface area (Å²) in [5, 5.41) is 11.2. The van der Waals surface area contributed by atoms with Crippen molar-refractivity contribution in [2.45, 2.75) is 44.3 Å². The van der Waals surface area contributed by atoms with Crippen LogP contribution in [0.1, 0.15) is 52.9 Å². The molecule has 1 fully saturated rings. The van der Waals surface area contributed by atoms with E-state index in [4.69, 9.17) is 26.6 Å². The van der Waals surface area contributed by atoms with E-state index < -0.39 is 0 Å². The Bertz CT molecular complexity index is 1050. The molecule has 1 unspecified atom stereocenters. The Hall–Kier alpha value is -2.55. The number of nitrogens with zero attached hydrogens (tertiary/aromatic N) is 1. The minimum atomic E-state index is -0.318. The summed E-state index contributed by atoms with van der Waals surface area (Å²) in [6.45, 7) is 0.326. The number of benzene rings is 1. The van der Waals surface area contributed by atoms with Gasteiger partial charge in [-0.3, -0.25) is 20.5 Å². The number of hydrogen-bond acceptors (Lipinski definition) is 6. The quantitative estimate of drug-likeness (QED) is 0.389. The van der Waals surface area contributed by atoms with Crippen molar-refractivity contribution in [3.63, 3.8) is 0 Å². The summed E-state index contributed by atoms with van der Waals surface area (Å²) in [6.07, 6.45) is 7.49. The summed E-state index contributed by atoms with van der Waals surface area (Å²) in [5.74, 6) is 0.991. The van der Waals surface area contributed by atoms with Gasteiger partial charge in [0, 0.05) is 25.2 Å². The van der Waals surface area contributed by atoms with Crippen LogP contribution in [-0.2, 0) is 4.84 Å². The van der Waals surface area contributed by atoms with E-state index in [0.29, 0.717) is 21.6 Å². The monoisotopic (exact) mass is 488 g/mol. The van der Waals surface area contributed by atoms with E-state index >= 15 is 0 Å². The van der Waals surface area contributed by atoms with Gasteiger partial charge < -0.3 is 15.0 Å². The van der Waals surface area contributed by atoms with Crippen molar-refractivity contribution in [1.29, 1.82) is 5.41 Å². The van der Waals surface area contributed by atoms with E-state index in [0.717, 1.165) is 35.4 Å². The van der Waals surface area contributed by atoms with Crippen LogP contribution in [0.25, 0.3) is 5.70 Å². The maximum absolute atomic E-state index is 12.3. The number of ether oxygens (including phenoxy) is 1. The SMILES string of the molecule is CN(C)C(=N)c1ccc(C2=CC(CNC(=O)c3ccc(Cl)s3)ON2)c(OC2CCCCC2)c1. The first kappa shape index (κ1) is 23.6. The fourth-order valence-electron chi connectivity index (χ4n) is 3.97. The van der Waals surface area contributed by atoms with Crippen LogP contribution in [0.15, 0.2) is 36.4 Å². The summed E-state index contributed by atoms with van der Waals surface area (Å²) in [6, 6.07) is 9.23. The molecule has 0 radical (unpaired) electrons. The molecule has 3 N–H and O–H groups in total. The zero-order valence-corrected chi connectivity index (χ0v) is 20.4. The van der Waals surface area contributed by atoms with Crippen LogP contribution in [0.3, 0.4) is 0 Å². The molecule has 0 bridgehead atoms. The number of carbonyl (C=O) groups excluding carboxylic acids is 1. The lowest BCUT2D eigenvalue weighted by molar-refractivity contribution is 0.0498. The molecule has 7 nitrogen and oxygen atoms in total. The van der Waals surface area contributed by atoms with Crippen molar-refractivity contribution in [3.05, 3.63) is 56.7 Å². The number of nitrogens with one attached hydrogen (secondary N) is 3. The second-order valence-electron chi connectivity index (χ2n) is 8.48. The fraction of sp³-hybridized carbons (Fsp3) is 0.417. The van der Waals surface area contributed by atoms with Gasteiger partial charge in [-0.1, -0.05) is 24.1 Å². The van der Waals surface area contributed by atoms with E-state index in [2.05, 4.69) is 10.8 Å². The van der Waals surface area contributed by atoms with E-state index in [-0.39, 0.29) is 18.1 Å². The highest BCUT2D eigenvalue weighted by atomic mass is 35.5. The van der Waals surface area contributed by atoms with Crippen LogP contribution in [-0.4, -0.2) is 49.5 Å². The summed E-state index contributed by atoms with van der Waals surface area (Å²) in [7, 11) is 3.71. The number of carbonyl (C=O) groups is 1. The van der Waals surface area contributed by atoms with Crippen LogP contribution < -0.4 is 15.5 Å². The van der Waals surface area contributed by atoms with Crippen molar-refractivity contribution in [3.8, 4) is 5.75 Å². The number of amidine groups is 1. The Labute approximate surface area is 203 Å². The van der Waals surface area contributed by atoms with Gasteiger partial charge in [-0.05, 0) is 56.0 Å². The van der Waals surface area contributed by atoms with E-state index in [1.165, 1.54) is 30.6 Å². The summed E-state index contributed by atoms with van der Waals surface area (Å²) < 4.78 is 7.01. The second-order valence-corrected chi connectivity index (χ2v) is 10.2. The minimum absolute atomic E-state index is 0.176. The highest BCUT2D eigenvalue weighted by Gasteiger charge is 2.24. The molecule has 1 saturated carbocycles. The van der Waals surface area contributed by atoms with Gasteiger partial charge in [0.1, 0.15) is 17.7 Å². The van der Waals surface area contributed by atoms with Gasteiger partial charge in [0.05, 0.1) is 27.6 Å². The van der Waals surface area contributed by atoms with Crippen molar-refractivity contribution in [2.75, 3.05) is 20.6 Å². The number of amides is 1. The topological polar surface area (TPSA) is 86.7 Å². The molecule has 2 aliphatic rings. The van der Waals surface area contributed by atoms with Crippen LogP contribution in [0, 0.1) is 5.41 Å². The van der Waals surface area contributed by atoms with Gasteiger partial charge in [0.2, 0.25) is 0 Å². The summed E-state index contributed by atoms with van der Waals surface area (Å²) >= 11 is 7.16. The first-order valence-electron chi connectivity index (χ1n) is 11.1. The molecule has 1 aliphatic heterocycles. The Kier molecular flexibility index (Phi) is 7.57. The second kappa shape index (κ2) is 10.6. The molecule has 2 heterocycles. The van der Waals surface area contributed by atoms with Crippen LogP contribution >= 0.6 is 22.9 Å². The summed E-state index contributed by atoms with van der Waals surface area (Å²) in [4.78, 5) is 20.3. The lowest BCUT2D eigenvalue weighted by Gasteiger charge is -2.25. The van der Waals surface area contributed by atoms with Crippen LogP contribution in [0.5, 0.6) is 5.75 Å². The maximum atomic E-state index is 12.3. The lowest BCUT2D eigenvalue weighted by Crippen LogP contribution is -2.31. The van der Waals surface area contributed by atoms with Crippen LogP contribution in [0.4, 0.5) is 0 Å². The molecule has 1 aliphatic carbocycles. The highest BCUT2D eigenvalue weighted by Crippen LogP contribution is 2.32. The largest absolute Gasteiger partial charge is 0.490 e. The first-order valence-corrected chi connectivity index (χ1v) is 12.3. The number of thiophene rings is 1. The molecule has 1 aromatic carbocycles. The first-order chi connectivity index (χ1) is 15.9. The van der Waals surface area contributed by atoms with Gasteiger partial charge in [-0.2, -0.15) is 0 Å². The molecule has 176 valence electrons. The lowest BCUT2D eigenvalue weighted by atomic mass is 9.97. The molecule has 4 rings (SSSR count). The number of halogens is 1. The third-order valence-electron chi connectivity index (χ3n) is 5.77. The van der Waals surface area contributed by atoms with Gasteiger partial charge in [0.25, 0.3) is 5.91 Å². The highest BCUT2D eigenvalue weighted by molar-refractivity contribution is 7.18. The van der Waals surface area contributed by atoms with Crippen molar-refractivity contribution < 1.29 is 14.4 Å². The number of hydrogen-bond donors (Lipinski definition) is 3. The van der Waals surface area contributed by atoms with Gasteiger partial charge >= 0.3 is 0 Å². The zero-order valence-electron chi connectivity index (χ0n) is 18.8. The Balaban J connectivity index is 1.50. The average molecular weight is 489 g/mol. The molecule has 1 aromatic heterocycles. The van der Waals surface area contributed by atoms with Crippen molar-refractivity contribution >= 4 is 40.4 Å². The van der Waals surface area contributed by atoms with E-state index in [1.807, 2.05) is 38.4 Å². The third-order valence-corrected chi connectivity index (χ3v) is 7.00. The molecule has 1 amide bonds.